The highest BCUT2D eigenvalue weighted by Crippen LogP contribution is 2.35. The van der Waals surface area contributed by atoms with E-state index in [-0.39, 0.29) is 11.9 Å². The summed E-state index contributed by atoms with van der Waals surface area (Å²) in [6, 6.07) is 11.6. The molecule has 0 unspecified atom stereocenters. The van der Waals surface area contributed by atoms with E-state index in [0.717, 1.165) is 19.3 Å². The smallest absolute Gasteiger partial charge is 0.255 e. The van der Waals surface area contributed by atoms with Crippen LogP contribution < -0.4 is 19.5 Å². The number of aryl methyl sites for hydroxylation is 1. The number of fused-ring (bicyclic) bond motifs is 1. The first kappa shape index (κ1) is 17.1. The van der Waals surface area contributed by atoms with Crippen LogP contribution in [-0.2, 0) is 6.42 Å². The lowest BCUT2D eigenvalue weighted by atomic mass is 9.87. The van der Waals surface area contributed by atoms with Gasteiger partial charge in [0.25, 0.3) is 5.91 Å². The van der Waals surface area contributed by atoms with E-state index in [1.165, 1.54) is 18.2 Å². The molecule has 0 saturated carbocycles. The van der Waals surface area contributed by atoms with Crippen molar-refractivity contribution >= 4 is 5.91 Å². The predicted molar refractivity (Wildman–Crippen MR) is 95.7 cm³/mol. The molecule has 1 aliphatic rings. The van der Waals surface area contributed by atoms with Crippen LogP contribution >= 0.6 is 0 Å². The van der Waals surface area contributed by atoms with Crippen LogP contribution in [-0.4, -0.2) is 27.2 Å². The molecule has 5 heteroatoms. The topological polar surface area (TPSA) is 56.8 Å². The van der Waals surface area contributed by atoms with Gasteiger partial charge >= 0.3 is 0 Å². The van der Waals surface area contributed by atoms with Crippen LogP contribution in [0.15, 0.2) is 36.4 Å². The number of amides is 1. The average molecular weight is 341 g/mol. The first-order valence-electron chi connectivity index (χ1n) is 8.36. The summed E-state index contributed by atoms with van der Waals surface area (Å²) >= 11 is 0. The Kier molecular flexibility index (Phi) is 5.12. The van der Waals surface area contributed by atoms with Crippen LogP contribution in [0.5, 0.6) is 17.2 Å². The van der Waals surface area contributed by atoms with Gasteiger partial charge in [0.1, 0.15) is 5.75 Å². The van der Waals surface area contributed by atoms with Gasteiger partial charge in [0, 0.05) is 12.1 Å². The zero-order valence-corrected chi connectivity index (χ0v) is 14.8. The molecule has 2 aromatic rings. The van der Waals surface area contributed by atoms with Crippen LogP contribution in [0.25, 0.3) is 0 Å². The van der Waals surface area contributed by atoms with Crippen LogP contribution in [0, 0.1) is 0 Å². The molecule has 0 spiro atoms. The molecule has 132 valence electrons. The fraction of sp³-hybridized carbons (Fsp3) is 0.350. The van der Waals surface area contributed by atoms with E-state index in [4.69, 9.17) is 14.2 Å². The van der Waals surface area contributed by atoms with Crippen molar-refractivity contribution in [3.05, 3.63) is 53.1 Å². The molecule has 1 aliphatic carbocycles. The molecule has 0 heterocycles. The molecule has 0 radical (unpaired) electrons. The van der Waals surface area contributed by atoms with Crippen molar-refractivity contribution in [2.24, 2.45) is 0 Å². The summed E-state index contributed by atoms with van der Waals surface area (Å²) in [4.78, 5) is 12.9. The summed E-state index contributed by atoms with van der Waals surface area (Å²) in [5, 5.41) is 3.14. The SMILES string of the molecule is COc1cc(OC)c(C(=O)N[C@@H]2CCCc3ccccc32)cc1OC. The Hall–Kier alpha value is -2.69. The van der Waals surface area contributed by atoms with Crippen LogP contribution in [0.1, 0.15) is 40.4 Å². The van der Waals surface area contributed by atoms with E-state index in [1.54, 1.807) is 26.4 Å². The molecule has 3 rings (SSSR count). The first-order valence-corrected chi connectivity index (χ1v) is 8.36. The molecule has 0 bridgehead atoms. The van der Waals surface area contributed by atoms with E-state index in [0.29, 0.717) is 22.8 Å². The van der Waals surface area contributed by atoms with Crippen molar-refractivity contribution in [3.63, 3.8) is 0 Å². The number of hydrogen-bond acceptors (Lipinski definition) is 4. The Morgan fingerprint density at radius 2 is 1.68 bits per heavy atom. The van der Waals surface area contributed by atoms with Gasteiger partial charge in [0.05, 0.1) is 32.9 Å². The second kappa shape index (κ2) is 7.47. The second-order valence-electron chi connectivity index (χ2n) is 6.02. The van der Waals surface area contributed by atoms with Gasteiger partial charge in [-0.25, -0.2) is 0 Å². The molecular formula is C20H23NO4. The molecule has 2 aromatic carbocycles. The summed E-state index contributed by atoms with van der Waals surface area (Å²) < 4.78 is 16.0. The third-order valence-corrected chi connectivity index (χ3v) is 4.63. The summed E-state index contributed by atoms with van der Waals surface area (Å²) in [5.74, 6) is 1.30. The van der Waals surface area contributed by atoms with Gasteiger partial charge in [0.2, 0.25) is 0 Å². The number of nitrogens with one attached hydrogen (secondary N) is 1. The Morgan fingerprint density at radius 3 is 2.40 bits per heavy atom. The first-order chi connectivity index (χ1) is 12.2. The second-order valence-corrected chi connectivity index (χ2v) is 6.02. The minimum atomic E-state index is -0.181. The fourth-order valence-corrected chi connectivity index (χ4v) is 3.35. The van der Waals surface area contributed by atoms with Crippen molar-refractivity contribution in [1.29, 1.82) is 0 Å². The van der Waals surface area contributed by atoms with Crippen molar-refractivity contribution in [3.8, 4) is 17.2 Å². The van der Waals surface area contributed by atoms with Gasteiger partial charge in [-0.2, -0.15) is 0 Å². The lowest BCUT2D eigenvalue weighted by Gasteiger charge is -2.26. The maximum atomic E-state index is 12.9. The molecule has 1 atom stereocenters. The van der Waals surface area contributed by atoms with Crippen molar-refractivity contribution < 1.29 is 19.0 Å². The molecule has 0 aromatic heterocycles. The maximum absolute atomic E-state index is 12.9. The number of benzene rings is 2. The summed E-state index contributed by atoms with van der Waals surface area (Å²) in [5.41, 5.74) is 2.93. The Morgan fingerprint density at radius 1 is 1.00 bits per heavy atom. The predicted octanol–water partition coefficient (Wildman–Crippen LogP) is 3.52. The van der Waals surface area contributed by atoms with Crippen LogP contribution in [0.4, 0.5) is 0 Å². The third kappa shape index (κ3) is 3.40. The highest BCUT2D eigenvalue weighted by molar-refractivity contribution is 5.98. The number of rotatable bonds is 5. The minimum absolute atomic E-state index is 0.00949. The van der Waals surface area contributed by atoms with E-state index >= 15 is 0 Å². The van der Waals surface area contributed by atoms with Crippen LogP contribution in [0.2, 0.25) is 0 Å². The molecular weight excluding hydrogens is 318 g/mol. The van der Waals surface area contributed by atoms with Crippen molar-refractivity contribution in [1.82, 2.24) is 5.32 Å². The molecule has 5 nitrogen and oxygen atoms in total. The maximum Gasteiger partial charge on any atom is 0.255 e. The standard InChI is InChI=1S/C20H23NO4/c1-23-17-12-19(25-3)18(24-2)11-15(17)20(22)21-16-10-6-8-13-7-4-5-9-14(13)16/h4-5,7,9,11-12,16H,6,8,10H2,1-3H3,(H,21,22)/t16-/m1/s1. The van der Waals surface area contributed by atoms with E-state index in [9.17, 15) is 4.79 Å². The third-order valence-electron chi connectivity index (χ3n) is 4.63. The number of carbonyl (C=O) groups excluding carboxylic acids is 1. The molecule has 0 saturated heterocycles. The Bertz CT molecular complexity index is 772. The Labute approximate surface area is 147 Å². The van der Waals surface area contributed by atoms with Gasteiger partial charge in [-0.1, -0.05) is 24.3 Å². The number of carbonyl (C=O) groups is 1. The molecule has 0 fully saturated rings. The monoisotopic (exact) mass is 341 g/mol. The molecule has 25 heavy (non-hydrogen) atoms. The van der Waals surface area contributed by atoms with Gasteiger partial charge in [-0.05, 0) is 30.4 Å². The van der Waals surface area contributed by atoms with E-state index < -0.39 is 0 Å². The number of methoxy groups -OCH3 is 3. The molecule has 1 amide bonds. The molecule has 0 aliphatic heterocycles. The lowest BCUT2D eigenvalue weighted by Crippen LogP contribution is -2.31. The fourth-order valence-electron chi connectivity index (χ4n) is 3.35. The summed E-state index contributed by atoms with van der Waals surface area (Å²) in [6.07, 6.45) is 3.05. The largest absolute Gasteiger partial charge is 0.496 e. The quantitative estimate of drug-likeness (QED) is 0.904. The highest BCUT2D eigenvalue weighted by Gasteiger charge is 2.24. The number of ether oxygens (including phenoxy) is 3. The van der Waals surface area contributed by atoms with Crippen LogP contribution in [0.3, 0.4) is 0 Å². The average Bonchev–Trinajstić information content (AvgIpc) is 2.67. The van der Waals surface area contributed by atoms with Gasteiger partial charge in [0.15, 0.2) is 11.5 Å². The van der Waals surface area contributed by atoms with Gasteiger partial charge in [-0.3, -0.25) is 4.79 Å². The number of hydrogen-bond donors (Lipinski definition) is 1. The van der Waals surface area contributed by atoms with E-state index in [2.05, 4.69) is 17.4 Å². The minimum Gasteiger partial charge on any atom is -0.496 e. The van der Waals surface area contributed by atoms with Gasteiger partial charge in [-0.15, -0.1) is 0 Å². The van der Waals surface area contributed by atoms with Gasteiger partial charge < -0.3 is 19.5 Å². The highest BCUT2D eigenvalue weighted by atomic mass is 16.5. The van der Waals surface area contributed by atoms with Crippen molar-refractivity contribution in [2.75, 3.05) is 21.3 Å². The normalized spacial score (nSPS) is 15.9. The zero-order valence-electron chi connectivity index (χ0n) is 14.8. The summed E-state index contributed by atoms with van der Waals surface area (Å²) in [6.45, 7) is 0. The molecule has 1 N–H and O–H groups in total. The zero-order chi connectivity index (χ0) is 17.8. The Balaban J connectivity index is 1.89. The van der Waals surface area contributed by atoms with Crippen molar-refractivity contribution in [2.45, 2.75) is 25.3 Å². The lowest BCUT2D eigenvalue weighted by molar-refractivity contribution is 0.0929. The van der Waals surface area contributed by atoms with E-state index in [1.807, 2.05) is 12.1 Å². The summed E-state index contributed by atoms with van der Waals surface area (Å²) in [7, 11) is 4.63.